The van der Waals surface area contributed by atoms with E-state index >= 15 is 0 Å². The fourth-order valence-corrected chi connectivity index (χ4v) is 3.11. The number of halogens is 1. The van der Waals surface area contributed by atoms with Crippen molar-refractivity contribution in [3.05, 3.63) is 16.9 Å². The van der Waals surface area contributed by atoms with Crippen LogP contribution in [0.2, 0.25) is 5.02 Å². The molecule has 1 aromatic heterocycles. The Morgan fingerprint density at radius 2 is 2.14 bits per heavy atom. The molecule has 0 unspecified atom stereocenters. The zero-order valence-corrected chi connectivity index (χ0v) is 13.1. The van der Waals surface area contributed by atoms with E-state index in [-0.39, 0.29) is 17.1 Å². The molecule has 0 radical (unpaired) electrons. The molecular weight excluding hydrogens is 314 g/mol. The molecule has 0 atom stereocenters. The lowest BCUT2D eigenvalue weighted by Gasteiger charge is -2.28. The molecule has 21 heavy (non-hydrogen) atoms. The lowest BCUT2D eigenvalue weighted by molar-refractivity contribution is -0.138. The number of hydrogen-bond acceptors (Lipinski definition) is 5. The summed E-state index contributed by atoms with van der Waals surface area (Å²) >= 11 is 7.28. The summed E-state index contributed by atoms with van der Waals surface area (Å²) in [5.41, 5.74) is -0.607. The maximum atomic E-state index is 12.4. The van der Waals surface area contributed by atoms with Crippen LogP contribution in [0.5, 0.6) is 0 Å². The zero-order valence-electron chi connectivity index (χ0n) is 11.6. The molecule has 0 saturated heterocycles. The van der Waals surface area contributed by atoms with Crippen LogP contribution in [0.3, 0.4) is 0 Å². The Hall–Kier alpha value is -1.34. The van der Waals surface area contributed by atoms with Crippen molar-refractivity contribution in [1.29, 1.82) is 0 Å². The summed E-state index contributed by atoms with van der Waals surface area (Å²) in [6, 6.07) is 0. The summed E-state index contributed by atoms with van der Waals surface area (Å²) in [6.45, 7) is 0. The number of thioether (sulfide) groups is 1. The Morgan fingerprint density at radius 1 is 1.48 bits per heavy atom. The number of nitrogens with one attached hydrogen (secondary N) is 1. The van der Waals surface area contributed by atoms with Crippen LogP contribution in [0.1, 0.15) is 42.6 Å². The molecule has 1 aliphatic carbocycles. The number of carboxylic acids is 1. The lowest BCUT2D eigenvalue weighted by atomic mass is 9.93. The van der Waals surface area contributed by atoms with Crippen molar-refractivity contribution in [2.24, 2.45) is 0 Å². The molecule has 0 bridgehead atoms. The molecule has 0 aliphatic heterocycles. The monoisotopic (exact) mass is 329 g/mol. The summed E-state index contributed by atoms with van der Waals surface area (Å²) < 4.78 is 0. The molecule has 0 spiro atoms. The topological polar surface area (TPSA) is 92.2 Å². The van der Waals surface area contributed by atoms with Gasteiger partial charge in [-0.15, -0.1) is 0 Å². The average molecular weight is 330 g/mol. The Kier molecular flexibility index (Phi) is 5.05. The predicted octanol–water partition coefficient (Wildman–Crippen LogP) is 2.37. The summed E-state index contributed by atoms with van der Waals surface area (Å²) in [5.74, 6) is -1.36. The third-order valence-corrected chi connectivity index (χ3v) is 4.39. The lowest BCUT2D eigenvalue weighted by Crippen LogP contribution is -2.48. The van der Waals surface area contributed by atoms with Gasteiger partial charge < -0.3 is 10.4 Å². The van der Waals surface area contributed by atoms with Crippen LogP contribution in [0.25, 0.3) is 0 Å². The minimum Gasteiger partial charge on any atom is -0.481 e. The molecule has 2 N–H and O–H groups in total. The van der Waals surface area contributed by atoms with Gasteiger partial charge in [0.25, 0.3) is 5.91 Å². The minimum atomic E-state index is -0.921. The minimum absolute atomic E-state index is 0.0865. The van der Waals surface area contributed by atoms with Crippen molar-refractivity contribution in [2.75, 3.05) is 6.26 Å². The van der Waals surface area contributed by atoms with Crippen molar-refractivity contribution < 1.29 is 14.7 Å². The van der Waals surface area contributed by atoms with Gasteiger partial charge in [-0.3, -0.25) is 9.59 Å². The molecule has 114 valence electrons. The predicted molar refractivity (Wildman–Crippen MR) is 79.7 cm³/mol. The number of carbonyl (C=O) groups is 2. The van der Waals surface area contributed by atoms with E-state index in [1.807, 2.05) is 0 Å². The summed E-state index contributed by atoms with van der Waals surface area (Å²) in [6.07, 6.45) is 6.22. The number of rotatable bonds is 5. The van der Waals surface area contributed by atoms with Crippen LogP contribution in [0.15, 0.2) is 11.4 Å². The van der Waals surface area contributed by atoms with E-state index in [1.54, 1.807) is 6.26 Å². The van der Waals surface area contributed by atoms with E-state index in [0.717, 1.165) is 12.8 Å². The molecule has 1 fully saturated rings. The summed E-state index contributed by atoms with van der Waals surface area (Å²) in [4.78, 5) is 31.5. The molecule has 6 nitrogen and oxygen atoms in total. The second kappa shape index (κ2) is 6.62. The molecule has 1 aromatic rings. The Bertz CT molecular complexity index is 562. The summed E-state index contributed by atoms with van der Waals surface area (Å²) in [7, 11) is 0. The van der Waals surface area contributed by atoms with Gasteiger partial charge in [0.15, 0.2) is 10.9 Å². The number of nitrogens with zero attached hydrogens (tertiary/aromatic N) is 2. The van der Waals surface area contributed by atoms with E-state index in [9.17, 15) is 9.59 Å². The first-order valence-corrected chi connectivity index (χ1v) is 8.17. The van der Waals surface area contributed by atoms with Crippen LogP contribution in [0, 0.1) is 0 Å². The van der Waals surface area contributed by atoms with Crippen molar-refractivity contribution in [3.8, 4) is 0 Å². The van der Waals surface area contributed by atoms with Gasteiger partial charge in [-0.05, 0) is 19.1 Å². The highest BCUT2D eigenvalue weighted by Gasteiger charge is 2.38. The van der Waals surface area contributed by atoms with E-state index in [2.05, 4.69) is 15.3 Å². The number of aromatic nitrogens is 2. The SMILES string of the molecule is CSc1ncc(Cl)c(C(=O)NC2(CC(=O)O)CCCC2)n1. The van der Waals surface area contributed by atoms with Gasteiger partial charge in [-0.25, -0.2) is 9.97 Å². The van der Waals surface area contributed by atoms with Crippen LogP contribution < -0.4 is 5.32 Å². The zero-order chi connectivity index (χ0) is 15.5. The molecular formula is C13H16ClN3O3S. The Labute approximate surface area is 131 Å². The molecule has 1 aliphatic rings. The smallest absolute Gasteiger partial charge is 0.305 e. The third-order valence-electron chi connectivity index (χ3n) is 3.55. The fourth-order valence-electron chi connectivity index (χ4n) is 2.60. The van der Waals surface area contributed by atoms with Crippen LogP contribution in [-0.2, 0) is 4.79 Å². The largest absolute Gasteiger partial charge is 0.481 e. The van der Waals surface area contributed by atoms with E-state index < -0.39 is 17.4 Å². The standard InChI is InChI=1S/C13H16ClN3O3S/c1-21-12-15-7-8(14)10(16-12)11(20)17-13(6-9(18)19)4-2-3-5-13/h7H,2-6H2,1H3,(H,17,20)(H,18,19). The molecule has 2 rings (SSSR count). The van der Waals surface area contributed by atoms with Crippen LogP contribution in [0.4, 0.5) is 0 Å². The van der Waals surface area contributed by atoms with Gasteiger partial charge in [0.2, 0.25) is 0 Å². The molecule has 8 heteroatoms. The molecule has 0 aromatic carbocycles. The van der Waals surface area contributed by atoms with Crippen molar-refractivity contribution in [3.63, 3.8) is 0 Å². The number of carbonyl (C=O) groups excluding carboxylic acids is 1. The first-order chi connectivity index (χ1) is 9.96. The van der Waals surface area contributed by atoms with Crippen LogP contribution >= 0.6 is 23.4 Å². The second-order valence-corrected chi connectivity index (χ2v) is 6.25. The van der Waals surface area contributed by atoms with Gasteiger partial charge in [-0.2, -0.15) is 0 Å². The van der Waals surface area contributed by atoms with Gasteiger partial charge in [0.1, 0.15) is 0 Å². The van der Waals surface area contributed by atoms with Crippen molar-refractivity contribution in [2.45, 2.75) is 42.8 Å². The highest BCUT2D eigenvalue weighted by atomic mass is 35.5. The Morgan fingerprint density at radius 3 is 2.71 bits per heavy atom. The quantitative estimate of drug-likeness (QED) is 0.636. The highest BCUT2D eigenvalue weighted by molar-refractivity contribution is 7.98. The highest BCUT2D eigenvalue weighted by Crippen LogP contribution is 2.33. The maximum Gasteiger partial charge on any atom is 0.305 e. The average Bonchev–Trinajstić information content (AvgIpc) is 2.86. The Balaban J connectivity index is 2.21. The number of aliphatic carboxylic acids is 1. The molecule has 1 heterocycles. The molecule has 1 amide bonds. The van der Waals surface area contributed by atoms with Gasteiger partial charge in [-0.1, -0.05) is 36.2 Å². The van der Waals surface area contributed by atoms with Gasteiger partial charge >= 0.3 is 5.97 Å². The second-order valence-electron chi connectivity index (χ2n) is 5.07. The third kappa shape index (κ3) is 3.85. The first-order valence-electron chi connectivity index (χ1n) is 6.57. The van der Waals surface area contributed by atoms with E-state index in [4.69, 9.17) is 16.7 Å². The summed E-state index contributed by atoms with van der Waals surface area (Å²) in [5, 5.41) is 12.5. The van der Waals surface area contributed by atoms with Crippen molar-refractivity contribution >= 4 is 35.2 Å². The maximum absolute atomic E-state index is 12.4. The normalized spacial score (nSPS) is 16.7. The van der Waals surface area contributed by atoms with Crippen LogP contribution in [-0.4, -0.2) is 38.7 Å². The van der Waals surface area contributed by atoms with Gasteiger partial charge in [0, 0.05) is 0 Å². The first kappa shape index (κ1) is 16.0. The van der Waals surface area contributed by atoms with Crippen molar-refractivity contribution in [1.82, 2.24) is 15.3 Å². The molecule has 1 saturated carbocycles. The number of amides is 1. The number of carboxylic acid groups (broad SMARTS) is 1. The number of hydrogen-bond donors (Lipinski definition) is 2. The van der Waals surface area contributed by atoms with E-state index in [1.165, 1.54) is 18.0 Å². The van der Waals surface area contributed by atoms with Gasteiger partial charge in [0.05, 0.1) is 23.2 Å². The van der Waals surface area contributed by atoms with E-state index in [0.29, 0.717) is 18.0 Å². The fraction of sp³-hybridized carbons (Fsp3) is 0.538.